The summed E-state index contributed by atoms with van der Waals surface area (Å²) >= 11 is 6.02. The van der Waals surface area contributed by atoms with Crippen LogP contribution in [0.5, 0.6) is 0 Å². The van der Waals surface area contributed by atoms with Crippen molar-refractivity contribution in [1.82, 2.24) is 4.90 Å². The van der Waals surface area contributed by atoms with E-state index in [0.717, 1.165) is 31.5 Å². The van der Waals surface area contributed by atoms with E-state index in [1.807, 2.05) is 4.90 Å². The molecule has 0 aromatic heterocycles. The van der Waals surface area contributed by atoms with Crippen molar-refractivity contribution in [2.24, 2.45) is 0 Å². The van der Waals surface area contributed by atoms with Crippen LogP contribution in [0.2, 0.25) is 5.02 Å². The number of carboxylic acid groups (broad SMARTS) is 1. The molecule has 1 aliphatic heterocycles. The van der Waals surface area contributed by atoms with Crippen LogP contribution in [0.4, 0.5) is 0 Å². The lowest BCUT2D eigenvalue weighted by Crippen LogP contribution is -2.35. The number of carboxylic acids is 1. The number of piperidine rings is 1. The Kier molecular flexibility index (Phi) is 4.86. The van der Waals surface area contributed by atoms with Gasteiger partial charge in [0.05, 0.1) is 10.6 Å². The highest BCUT2D eigenvalue weighted by Crippen LogP contribution is 2.29. The largest absolute Gasteiger partial charge is 0.478 e. The molecule has 4 nitrogen and oxygen atoms in total. The number of amides is 1. The maximum atomic E-state index is 12.5. The Hall–Kier alpha value is -2.33. The lowest BCUT2D eigenvalue weighted by molar-refractivity contribution is 0.0695. The van der Waals surface area contributed by atoms with Gasteiger partial charge in [-0.05, 0) is 48.6 Å². The molecule has 0 spiro atoms. The maximum Gasteiger partial charge on any atom is 0.337 e. The van der Waals surface area contributed by atoms with Gasteiger partial charge in [0.2, 0.25) is 0 Å². The van der Waals surface area contributed by atoms with Crippen LogP contribution < -0.4 is 0 Å². The normalized spacial score (nSPS) is 14.5. The fourth-order valence-electron chi connectivity index (χ4n) is 3.05. The zero-order valence-corrected chi connectivity index (χ0v) is 13.9. The van der Waals surface area contributed by atoms with Gasteiger partial charge in [0.1, 0.15) is 0 Å². The molecule has 1 fully saturated rings. The first kappa shape index (κ1) is 16.5. The van der Waals surface area contributed by atoms with E-state index in [2.05, 4.69) is 0 Å². The van der Waals surface area contributed by atoms with E-state index in [4.69, 9.17) is 11.6 Å². The summed E-state index contributed by atoms with van der Waals surface area (Å²) in [5.74, 6) is -1.03. The van der Waals surface area contributed by atoms with Gasteiger partial charge in [-0.25, -0.2) is 4.79 Å². The summed E-state index contributed by atoms with van der Waals surface area (Å²) in [5.41, 5.74) is 1.98. The van der Waals surface area contributed by atoms with Crippen molar-refractivity contribution in [3.05, 3.63) is 58.6 Å². The molecule has 24 heavy (non-hydrogen) atoms. The maximum absolute atomic E-state index is 12.5. The molecular weight excluding hydrogens is 326 g/mol. The number of rotatable bonds is 3. The molecule has 1 aliphatic rings. The van der Waals surface area contributed by atoms with Crippen LogP contribution in [0.1, 0.15) is 40.0 Å². The minimum atomic E-state index is -1.07. The van der Waals surface area contributed by atoms with E-state index in [-0.39, 0.29) is 16.5 Å². The van der Waals surface area contributed by atoms with E-state index >= 15 is 0 Å². The third-order valence-corrected chi connectivity index (χ3v) is 4.63. The Bertz CT molecular complexity index is 765. The summed E-state index contributed by atoms with van der Waals surface area (Å²) < 4.78 is 0. The second kappa shape index (κ2) is 7.05. The average Bonchev–Trinajstić information content (AvgIpc) is 2.61. The topological polar surface area (TPSA) is 57.6 Å². The summed E-state index contributed by atoms with van der Waals surface area (Å²) in [7, 11) is 0. The molecule has 2 aromatic carbocycles. The van der Waals surface area contributed by atoms with Crippen molar-refractivity contribution in [2.75, 3.05) is 13.1 Å². The highest BCUT2D eigenvalue weighted by Gasteiger charge is 2.19. The highest BCUT2D eigenvalue weighted by atomic mass is 35.5. The van der Waals surface area contributed by atoms with Gasteiger partial charge in [0.15, 0.2) is 0 Å². The predicted octanol–water partition coefficient (Wildman–Crippen LogP) is 4.33. The van der Waals surface area contributed by atoms with Gasteiger partial charge in [0.25, 0.3) is 5.91 Å². The molecule has 0 radical (unpaired) electrons. The fourth-order valence-corrected chi connectivity index (χ4v) is 3.31. The third kappa shape index (κ3) is 3.29. The van der Waals surface area contributed by atoms with Crippen LogP contribution in [0.25, 0.3) is 11.1 Å². The van der Waals surface area contributed by atoms with Gasteiger partial charge in [-0.2, -0.15) is 0 Å². The first-order valence-electron chi connectivity index (χ1n) is 7.99. The number of carbonyl (C=O) groups excluding carboxylic acids is 1. The van der Waals surface area contributed by atoms with Gasteiger partial charge in [-0.1, -0.05) is 35.9 Å². The molecule has 0 aliphatic carbocycles. The number of benzene rings is 2. The summed E-state index contributed by atoms with van der Waals surface area (Å²) in [6.07, 6.45) is 3.28. The quantitative estimate of drug-likeness (QED) is 0.902. The molecule has 2 aromatic rings. The van der Waals surface area contributed by atoms with Crippen LogP contribution in [0, 0.1) is 0 Å². The van der Waals surface area contributed by atoms with Crippen molar-refractivity contribution in [2.45, 2.75) is 19.3 Å². The Labute approximate surface area is 145 Å². The summed E-state index contributed by atoms with van der Waals surface area (Å²) in [5, 5.41) is 9.58. The zero-order chi connectivity index (χ0) is 17.1. The Morgan fingerprint density at radius 1 is 0.958 bits per heavy atom. The third-order valence-electron chi connectivity index (χ3n) is 4.31. The van der Waals surface area contributed by atoms with Crippen LogP contribution in [0.3, 0.4) is 0 Å². The minimum absolute atomic E-state index is 0.0332. The lowest BCUT2D eigenvalue weighted by Gasteiger charge is -2.26. The minimum Gasteiger partial charge on any atom is -0.478 e. The van der Waals surface area contributed by atoms with Gasteiger partial charge >= 0.3 is 5.97 Å². The fraction of sp³-hybridized carbons (Fsp3) is 0.263. The average molecular weight is 344 g/mol. The van der Waals surface area contributed by atoms with Crippen molar-refractivity contribution in [3.63, 3.8) is 0 Å². The zero-order valence-electron chi connectivity index (χ0n) is 13.2. The standard InChI is InChI=1S/C19H18ClNO3/c20-16-6-4-5-15(17(16)19(23)24)13-7-9-14(10-8-13)18(22)21-11-2-1-3-12-21/h4-10H,1-3,11-12H2,(H,23,24). The van der Waals surface area contributed by atoms with Gasteiger partial charge < -0.3 is 10.0 Å². The molecule has 0 saturated carbocycles. The van der Waals surface area contributed by atoms with E-state index in [1.165, 1.54) is 6.42 Å². The molecule has 0 unspecified atom stereocenters. The number of halogens is 1. The van der Waals surface area contributed by atoms with E-state index in [1.54, 1.807) is 42.5 Å². The molecule has 3 rings (SSSR count). The molecule has 0 bridgehead atoms. The van der Waals surface area contributed by atoms with Gasteiger partial charge in [-0.3, -0.25) is 4.79 Å². The van der Waals surface area contributed by atoms with E-state index < -0.39 is 5.97 Å². The van der Waals surface area contributed by atoms with E-state index in [0.29, 0.717) is 11.1 Å². The second-order valence-corrected chi connectivity index (χ2v) is 6.30. The SMILES string of the molecule is O=C(O)c1c(Cl)cccc1-c1ccc(C(=O)N2CCCCC2)cc1. The Balaban J connectivity index is 1.89. The van der Waals surface area contributed by atoms with Gasteiger partial charge in [0, 0.05) is 18.7 Å². The number of aromatic carboxylic acids is 1. The summed E-state index contributed by atoms with van der Waals surface area (Å²) in [6.45, 7) is 1.61. The van der Waals surface area contributed by atoms with E-state index in [9.17, 15) is 14.7 Å². The molecule has 1 amide bonds. The monoisotopic (exact) mass is 343 g/mol. The van der Waals surface area contributed by atoms with Crippen LogP contribution >= 0.6 is 11.6 Å². The van der Waals surface area contributed by atoms with Crippen molar-refractivity contribution >= 4 is 23.5 Å². The first-order valence-corrected chi connectivity index (χ1v) is 8.37. The Morgan fingerprint density at radius 3 is 2.25 bits per heavy atom. The number of hydrogen-bond donors (Lipinski definition) is 1. The van der Waals surface area contributed by atoms with Crippen LogP contribution in [-0.4, -0.2) is 35.0 Å². The molecule has 1 saturated heterocycles. The van der Waals surface area contributed by atoms with Crippen LogP contribution in [-0.2, 0) is 0 Å². The highest BCUT2D eigenvalue weighted by molar-refractivity contribution is 6.34. The first-order chi connectivity index (χ1) is 11.6. The molecule has 0 atom stereocenters. The van der Waals surface area contributed by atoms with Crippen molar-refractivity contribution in [1.29, 1.82) is 0 Å². The van der Waals surface area contributed by atoms with Gasteiger partial charge in [-0.15, -0.1) is 0 Å². The molecule has 1 N–H and O–H groups in total. The summed E-state index contributed by atoms with van der Waals surface area (Å²) in [4.78, 5) is 25.8. The lowest BCUT2D eigenvalue weighted by atomic mass is 9.98. The Morgan fingerprint density at radius 2 is 1.62 bits per heavy atom. The number of hydrogen-bond acceptors (Lipinski definition) is 2. The van der Waals surface area contributed by atoms with Crippen LogP contribution in [0.15, 0.2) is 42.5 Å². The smallest absolute Gasteiger partial charge is 0.337 e. The number of likely N-dealkylation sites (tertiary alicyclic amines) is 1. The summed E-state index contributed by atoms with van der Waals surface area (Å²) in [6, 6.07) is 12.0. The molecule has 124 valence electrons. The molecule has 5 heteroatoms. The molecule has 1 heterocycles. The second-order valence-electron chi connectivity index (χ2n) is 5.90. The van der Waals surface area contributed by atoms with Crippen molar-refractivity contribution in [3.8, 4) is 11.1 Å². The molecular formula is C19H18ClNO3. The number of carbonyl (C=O) groups is 2. The van der Waals surface area contributed by atoms with Crippen molar-refractivity contribution < 1.29 is 14.7 Å². The predicted molar refractivity (Wildman–Crippen MR) is 93.6 cm³/mol. The number of nitrogens with zero attached hydrogens (tertiary/aromatic N) is 1.